The van der Waals surface area contributed by atoms with E-state index in [1.54, 1.807) is 12.1 Å². The number of amides is 1. The minimum atomic E-state index is -4.45. The number of alkyl halides is 3. The average Bonchev–Trinajstić information content (AvgIpc) is 3.36. The lowest BCUT2D eigenvalue weighted by Crippen LogP contribution is -2.25. The third-order valence-electron chi connectivity index (χ3n) is 5.16. The fourth-order valence-corrected chi connectivity index (χ4v) is 4.09. The van der Waals surface area contributed by atoms with Crippen LogP contribution >= 0.6 is 11.3 Å². The van der Waals surface area contributed by atoms with Crippen LogP contribution in [-0.4, -0.2) is 17.7 Å². The summed E-state index contributed by atoms with van der Waals surface area (Å²) >= 11 is 1.52. The summed E-state index contributed by atoms with van der Waals surface area (Å²) < 4.78 is 38.9. The number of carbonyl (C=O) groups excluding carboxylic acids is 2. The van der Waals surface area contributed by atoms with Crippen molar-refractivity contribution in [2.75, 3.05) is 0 Å². The van der Waals surface area contributed by atoms with E-state index in [2.05, 4.69) is 5.32 Å². The Balaban J connectivity index is 1.56. The third kappa shape index (κ3) is 5.41. The van der Waals surface area contributed by atoms with Gasteiger partial charge in [-0.05, 0) is 70.1 Å². The van der Waals surface area contributed by atoms with E-state index in [4.69, 9.17) is 0 Å². The van der Waals surface area contributed by atoms with E-state index in [-0.39, 0.29) is 30.6 Å². The SMILES string of the molecule is O=C(Cc1cccc(C(F)(F)F)c1)Cc1cc(C(=O)NC2CC2)ccc1-c1ccsc1. The zero-order valence-electron chi connectivity index (χ0n) is 16.5. The van der Waals surface area contributed by atoms with Gasteiger partial charge < -0.3 is 5.32 Å². The summed E-state index contributed by atoms with van der Waals surface area (Å²) in [7, 11) is 0. The molecule has 1 fully saturated rings. The molecule has 0 bridgehead atoms. The number of thiophene rings is 1. The normalized spacial score (nSPS) is 13.8. The molecule has 1 amide bonds. The number of hydrogen-bond acceptors (Lipinski definition) is 3. The molecule has 0 atom stereocenters. The summed E-state index contributed by atoms with van der Waals surface area (Å²) in [6.07, 6.45) is -2.58. The molecule has 3 nitrogen and oxygen atoms in total. The number of benzene rings is 2. The molecule has 0 spiro atoms. The largest absolute Gasteiger partial charge is 0.416 e. The van der Waals surface area contributed by atoms with Crippen molar-refractivity contribution in [2.24, 2.45) is 0 Å². The molecule has 0 saturated heterocycles. The van der Waals surface area contributed by atoms with Crippen molar-refractivity contribution in [3.8, 4) is 11.1 Å². The number of ketones is 1. The van der Waals surface area contributed by atoms with Crippen LogP contribution in [0.2, 0.25) is 0 Å². The van der Waals surface area contributed by atoms with Gasteiger partial charge in [-0.2, -0.15) is 24.5 Å². The Morgan fingerprint density at radius 3 is 2.52 bits per heavy atom. The number of rotatable bonds is 7. The Labute approximate surface area is 181 Å². The van der Waals surface area contributed by atoms with Gasteiger partial charge in [-0.3, -0.25) is 9.59 Å². The van der Waals surface area contributed by atoms with Crippen LogP contribution in [0.5, 0.6) is 0 Å². The highest BCUT2D eigenvalue weighted by atomic mass is 32.1. The second-order valence-electron chi connectivity index (χ2n) is 7.72. The second kappa shape index (κ2) is 8.67. The Hall–Kier alpha value is -2.93. The van der Waals surface area contributed by atoms with Gasteiger partial charge in [0.25, 0.3) is 5.91 Å². The monoisotopic (exact) mass is 443 g/mol. The Morgan fingerprint density at radius 2 is 1.84 bits per heavy atom. The third-order valence-corrected chi connectivity index (χ3v) is 5.84. The number of carbonyl (C=O) groups is 2. The molecule has 0 radical (unpaired) electrons. The molecule has 31 heavy (non-hydrogen) atoms. The molecule has 0 aliphatic heterocycles. The van der Waals surface area contributed by atoms with Crippen LogP contribution in [0, 0.1) is 0 Å². The van der Waals surface area contributed by atoms with E-state index in [1.807, 2.05) is 22.9 Å². The van der Waals surface area contributed by atoms with Crippen molar-refractivity contribution < 1.29 is 22.8 Å². The van der Waals surface area contributed by atoms with Crippen molar-refractivity contribution in [3.63, 3.8) is 0 Å². The highest BCUT2D eigenvalue weighted by Gasteiger charge is 2.30. The van der Waals surface area contributed by atoms with Gasteiger partial charge in [-0.1, -0.05) is 24.3 Å². The van der Waals surface area contributed by atoms with Gasteiger partial charge in [0.15, 0.2) is 0 Å². The molecule has 1 heterocycles. The van der Waals surface area contributed by atoms with Crippen molar-refractivity contribution >= 4 is 23.0 Å². The van der Waals surface area contributed by atoms with Gasteiger partial charge in [0.2, 0.25) is 0 Å². The Kier molecular flexibility index (Phi) is 5.96. The van der Waals surface area contributed by atoms with E-state index in [9.17, 15) is 22.8 Å². The molecule has 4 rings (SSSR count). The zero-order chi connectivity index (χ0) is 22.0. The van der Waals surface area contributed by atoms with Gasteiger partial charge in [0.1, 0.15) is 5.78 Å². The maximum Gasteiger partial charge on any atom is 0.416 e. The van der Waals surface area contributed by atoms with Crippen LogP contribution < -0.4 is 5.32 Å². The number of Topliss-reactive ketones (excluding diaryl/α,β-unsaturated/α-hetero) is 1. The minimum absolute atomic E-state index is 0.0337. The van der Waals surface area contributed by atoms with Crippen LogP contribution in [-0.2, 0) is 23.8 Å². The van der Waals surface area contributed by atoms with Gasteiger partial charge >= 0.3 is 6.18 Å². The van der Waals surface area contributed by atoms with Crippen LogP contribution in [0.4, 0.5) is 13.2 Å². The molecular weight excluding hydrogens is 423 g/mol. The molecule has 7 heteroatoms. The molecule has 1 aliphatic carbocycles. The van der Waals surface area contributed by atoms with Gasteiger partial charge in [-0.15, -0.1) is 0 Å². The molecule has 1 saturated carbocycles. The standard InChI is InChI=1S/C24H20F3NO2S/c25-24(26,27)19-3-1-2-15(10-19)11-21(29)13-18-12-16(23(30)28-20-5-6-20)4-7-22(18)17-8-9-31-14-17/h1-4,7-10,12,14,20H,5-6,11,13H2,(H,28,30). The molecule has 0 unspecified atom stereocenters. The first-order valence-corrected chi connectivity index (χ1v) is 10.9. The molecule has 160 valence electrons. The molecule has 1 N–H and O–H groups in total. The van der Waals surface area contributed by atoms with Crippen molar-refractivity contribution in [3.05, 3.63) is 81.5 Å². The second-order valence-corrected chi connectivity index (χ2v) is 8.50. The Bertz CT molecular complexity index is 1100. The highest BCUT2D eigenvalue weighted by molar-refractivity contribution is 7.08. The fraction of sp³-hybridized carbons (Fsp3) is 0.250. The molecule has 3 aromatic rings. The van der Waals surface area contributed by atoms with Gasteiger partial charge in [0, 0.05) is 24.4 Å². The van der Waals surface area contributed by atoms with Crippen LogP contribution in [0.25, 0.3) is 11.1 Å². The number of nitrogens with one attached hydrogen (secondary N) is 1. The highest BCUT2D eigenvalue weighted by Crippen LogP contribution is 2.31. The lowest BCUT2D eigenvalue weighted by Gasteiger charge is -2.12. The lowest BCUT2D eigenvalue weighted by molar-refractivity contribution is -0.137. The van der Waals surface area contributed by atoms with Crippen molar-refractivity contribution in [1.82, 2.24) is 5.32 Å². The van der Waals surface area contributed by atoms with Gasteiger partial charge in [0.05, 0.1) is 5.56 Å². The van der Waals surface area contributed by atoms with E-state index in [0.717, 1.165) is 36.1 Å². The van der Waals surface area contributed by atoms with Crippen LogP contribution in [0.3, 0.4) is 0 Å². The molecule has 2 aromatic carbocycles. The molecule has 1 aromatic heterocycles. The smallest absolute Gasteiger partial charge is 0.349 e. The average molecular weight is 443 g/mol. The first kappa shape index (κ1) is 21.3. The maximum atomic E-state index is 13.0. The van der Waals surface area contributed by atoms with Crippen LogP contribution in [0.1, 0.15) is 39.9 Å². The topological polar surface area (TPSA) is 46.2 Å². The van der Waals surface area contributed by atoms with Gasteiger partial charge in [-0.25, -0.2) is 0 Å². The first-order chi connectivity index (χ1) is 14.8. The van der Waals surface area contributed by atoms with E-state index in [0.29, 0.717) is 16.7 Å². The zero-order valence-corrected chi connectivity index (χ0v) is 17.4. The van der Waals surface area contributed by atoms with E-state index in [1.165, 1.54) is 23.5 Å². The molecular formula is C24H20F3NO2S. The summed E-state index contributed by atoms with van der Waals surface area (Å²) in [6.45, 7) is 0. The predicted molar refractivity (Wildman–Crippen MR) is 114 cm³/mol. The van der Waals surface area contributed by atoms with Crippen molar-refractivity contribution in [1.29, 1.82) is 0 Å². The predicted octanol–water partition coefficient (Wildman–Crippen LogP) is 5.68. The molecule has 1 aliphatic rings. The maximum absolute atomic E-state index is 13.0. The number of hydrogen-bond donors (Lipinski definition) is 1. The quantitative estimate of drug-likeness (QED) is 0.511. The summed E-state index contributed by atoms with van der Waals surface area (Å²) in [5.74, 6) is -0.387. The number of halogens is 3. The van der Waals surface area contributed by atoms with E-state index < -0.39 is 11.7 Å². The summed E-state index contributed by atoms with van der Waals surface area (Å²) in [6, 6.07) is 12.3. The lowest BCUT2D eigenvalue weighted by atomic mass is 9.93. The Morgan fingerprint density at radius 1 is 1.03 bits per heavy atom. The summed E-state index contributed by atoms with van der Waals surface area (Å²) in [4.78, 5) is 25.2. The summed E-state index contributed by atoms with van der Waals surface area (Å²) in [5, 5.41) is 6.82. The summed E-state index contributed by atoms with van der Waals surface area (Å²) in [5.41, 5.74) is 2.52. The van der Waals surface area contributed by atoms with E-state index >= 15 is 0 Å². The fourth-order valence-electron chi connectivity index (χ4n) is 3.44. The minimum Gasteiger partial charge on any atom is -0.349 e. The van der Waals surface area contributed by atoms with Crippen LogP contribution in [0.15, 0.2) is 59.3 Å². The first-order valence-electron chi connectivity index (χ1n) is 9.94. The van der Waals surface area contributed by atoms with Crippen molar-refractivity contribution in [2.45, 2.75) is 37.9 Å².